The standard InChI is InChI=1S/C13H19N3O2/c17-13(18)10-6-5-9(7-10)12-15-14-8-16(12)11-3-1-2-4-11/h8-11H,1-7H2,(H,17,18). The molecule has 5 nitrogen and oxygen atoms in total. The van der Waals surface area contributed by atoms with Crippen LogP contribution in [0.2, 0.25) is 0 Å². The summed E-state index contributed by atoms with van der Waals surface area (Å²) in [5, 5.41) is 17.4. The van der Waals surface area contributed by atoms with Gasteiger partial charge in [0.25, 0.3) is 0 Å². The number of carboxylic acid groups (broad SMARTS) is 1. The highest BCUT2D eigenvalue weighted by atomic mass is 16.4. The highest BCUT2D eigenvalue weighted by Crippen LogP contribution is 2.39. The molecule has 0 bridgehead atoms. The molecule has 98 valence electrons. The van der Waals surface area contributed by atoms with Gasteiger partial charge in [-0.25, -0.2) is 0 Å². The van der Waals surface area contributed by atoms with Gasteiger partial charge in [-0.15, -0.1) is 10.2 Å². The summed E-state index contributed by atoms with van der Waals surface area (Å²) in [6, 6.07) is 0.541. The highest BCUT2D eigenvalue weighted by Gasteiger charge is 2.34. The zero-order chi connectivity index (χ0) is 12.5. The van der Waals surface area contributed by atoms with E-state index in [0.717, 1.165) is 25.1 Å². The molecule has 5 heteroatoms. The number of aliphatic carboxylic acids is 1. The fourth-order valence-corrected chi connectivity index (χ4v) is 3.45. The maximum atomic E-state index is 11.0. The van der Waals surface area contributed by atoms with Gasteiger partial charge in [-0.2, -0.15) is 0 Å². The van der Waals surface area contributed by atoms with Crippen molar-refractivity contribution in [2.75, 3.05) is 0 Å². The summed E-state index contributed by atoms with van der Waals surface area (Å²) in [4.78, 5) is 11.0. The van der Waals surface area contributed by atoms with Gasteiger partial charge in [-0.05, 0) is 32.1 Å². The molecule has 1 N–H and O–H groups in total. The lowest BCUT2D eigenvalue weighted by Crippen LogP contribution is -2.13. The molecule has 1 aromatic rings. The molecule has 1 aromatic heterocycles. The van der Waals surface area contributed by atoms with Gasteiger partial charge in [0.2, 0.25) is 0 Å². The SMILES string of the molecule is O=C(O)C1CCC(c2nncn2C2CCCC2)C1. The van der Waals surface area contributed by atoms with Crippen molar-refractivity contribution in [3.05, 3.63) is 12.2 Å². The van der Waals surface area contributed by atoms with Crippen molar-refractivity contribution in [2.45, 2.75) is 56.9 Å². The minimum absolute atomic E-state index is 0.191. The van der Waals surface area contributed by atoms with Crippen molar-refractivity contribution in [1.29, 1.82) is 0 Å². The zero-order valence-electron chi connectivity index (χ0n) is 10.5. The minimum atomic E-state index is -0.663. The molecule has 2 aliphatic carbocycles. The second-order valence-corrected chi connectivity index (χ2v) is 5.58. The van der Waals surface area contributed by atoms with Crippen LogP contribution in [0, 0.1) is 5.92 Å². The molecule has 0 aliphatic heterocycles. The van der Waals surface area contributed by atoms with Crippen LogP contribution in [0.1, 0.15) is 62.7 Å². The lowest BCUT2D eigenvalue weighted by molar-refractivity contribution is -0.141. The summed E-state index contributed by atoms with van der Waals surface area (Å²) in [5.74, 6) is 0.452. The van der Waals surface area contributed by atoms with E-state index in [2.05, 4.69) is 14.8 Å². The third kappa shape index (κ3) is 2.02. The molecule has 0 radical (unpaired) electrons. The molecule has 2 atom stereocenters. The first-order chi connectivity index (χ1) is 8.75. The largest absolute Gasteiger partial charge is 0.481 e. The van der Waals surface area contributed by atoms with Crippen molar-refractivity contribution in [3.63, 3.8) is 0 Å². The molecule has 18 heavy (non-hydrogen) atoms. The predicted octanol–water partition coefficient (Wildman–Crippen LogP) is 2.36. The van der Waals surface area contributed by atoms with Gasteiger partial charge in [-0.1, -0.05) is 12.8 Å². The number of hydrogen-bond donors (Lipinski definition) is 1. The second-order valence-electron chi connectivity index (χ2n) is 5.58. The van der Waals surface area contributed by atoms with E-state index in [1.165, 1.54) is 25.7 Å². The molecule has 1 heterocycles. The topological polar surface area (TPSA) is 68.0 Å². The third-order valence-corrected chi connectivity index (χ3v) is 4.47. The molecular weight excluding hydrogens is 230 g/mol. The van der Waals surface area contributed by atoms with Gasteiger partial charge in [0.15, 0.2) is 0 Å². The number of rotatable bonds is 3. The molecule has 2 saturated carbocycles. The lowest BCUT2D eigenvalue weighted by atomic mass is 10.0. The quantitative estimate of drug-likeness (QED) is 0.892. The Balaban J connectivity index is 1.77. The highest BCUT2D eigenvalue weighted by molar-refractivity contribution is 5.70. The summed E-state index contributed by atoms with van der Waals surface area (Å²) >= 11 is 0. The van der Waals surface area contributed by atoms with Crippen LogP contribution in [0.5, 0.6) is 0 Å². The second kappa shape index (κ2) is 4.71. The summed E-state index contributed by atoms with van der Waals surface area (Å²) in [6.07, 6.45) is 9.25. The average Bonchev–Trinajstić information content (AvgIpc) is 3.10. The first kappa shape index (κ1) is 11.7. The Labute approximate surface area is 106 Å². The summed E-state index contributed by atoms with van der Waals surface area (Å²) in [5.41, 5.74) is 0. The Hall–Kier alpha value is -1.39. The van der Waals surface area contributed by atoms with E-state index >= 15 is 0 Å². The summed E-state index contributed by atoms with van der Waals surface area (Å²) < 4.78 is 2.21. The number of carbonyl (C=O) groups is 1. The van der Waals surface area contributed by atoms with Crippen molar-refractivity contribution < 1.29 is 9.90 Å². The minimum Gasteiger partial charge on any atom is -0.481 e. The summed E-state index contributed by atoms with van der Waals surface area (Å²) in [7, 11) is 0. The molecule has 2 unspecified atom stereocenters. The van der Waals surface area contributed by atoms with E-state index in [1.807, 2.05) is 6.33 Å². The van der Waals surface area contributed by atoms with Gasteiger partial charge in [0.1, 0.15) is 12.2 Å². The van der Waals surface area contributed by atoms with E-state index in [-0.39, 0.29) is 11.8 Å². The Morgan fingerprint density at radius 3 is 2.72 bits per heavy atom. The van der Waals surface area contributed by atoms with Gasteiger partial charge in [0, 0.05) is 12.0 Å². The van der Waals surface area contributed by atoms with Crippen LogP contribution in [0.15, 0.2) is 6.33 Å². The van der Waals surface area contributed by atoms with Crippen LogP contribution in [0.4, 0.5) is 0 Å². The predicted molar refractivity (Wildman–Crippen MR) is 65.2 cm³/mol. The Kier molecular flexibility index (Phi) is 3.06. The maximum absolute atomic E-state index is 11.0. The van der Waals surface area contributed by atoms with Crippen LogP contribution in [-0.4, -0.2) is 25.8 Å². The van der Waals surface area contributed by atoms with Crippen molar-refractivity contribution in [2.24, 2.45) is 5.92 Å². The van der Waals surface area contributed by atoms with Crippen LogP contribution in [0.25, 0.3) is 0 Å². The smallest absolute Gasteiger partial charge is 0.306 e. The van der Waals surface area contributed by atoms with Crippen LogP contribution < -0.4 is 0 Å². The van der Waals surface area contributed by atoms with Crippen molar-refractivity contribution in [1.82, 2.24) is 14.8 Å². The van der Waals surface area contributed by atoms with Crippen molar-refractivity contribution in [3.8, 4) is 0 Å². The molecule has 3 rings (SSSR count). The number of hydrogen-bond acceptors (Lipinski definition) is 3. The van der Waals surface area contributed by atoms with Gasteiger partial charge in [0.05, 0.1) is 5.92 Å². The lowest BCUT2D eigenvalue weighted by Gasteiger charge is -2.17. The number of aromatic nitrogens is 3. The van der Waals surface area contributed by atoms with Gasteiger partial charge < -0.3 is 9.67 Å². The fraction of sp³-hybridized carbons (Fsp3) is 0.769. The van der Waals surface area contributed by atoms with Gasteiger partial charge >= 0.3 is 5.97 Å². The number of nitrogens with zero attached hydrogens (tertiary/aromatic N) is 3. The third-order valence-electron chi connectivity index (χ3n) is 4.47. The maximum Gasteiger partial charge on any atom is 0.306 e. The Bertz CT molecular complexity index is 437. The van der Waals surface area contributed by atoms with Gasteiger partial charge in [-0.3, -0.25) is 4.79 Å². The molecule has 0 saturated heterocycles. The number of carboxylic acids is 1. The Morgan fingerprint density at radius 1 is 1.28 bits per heavy atom. The van der Waals surface area contributed by atoms with E-state index < -0.39 is 5.97 Å². The Morgan fingerprint density at radius 2 is 2.06 bits per heavy atom. The molecule has 2 fully saturated rings. The molecule has 0 spiro atoms. The molecule has 0 amide bonds. The molecular formula is C13H19N3O2. The van der Waals surface area contributed by atoms with E-state index in [4.69, 9.17) is 5.11 Å². The average molecular weight is 249 g/mol. The monoisotopic (exact) mass is 249 g/mol. The normalized spacial score (nSPS) is 28.9. The fourth-order valence-electron chi connectivity index (χ4n) is 3.45. The summed E-state index contributed by atoms with van der Waals surface area (Å²) in [6.45, 7) is 0. The van der Waals surface area contributed by atoms with E-state index in [0.29, 0.717) is 6.04 Å². The first-order valence-electron chi connectivity index (χ1n) is 6.88. The first-order valence-corrected chi connectivity index (χ1v) is 6.88. The van der Waals surface area contributed by atoms with E-state index in [9.17, 15) is 4.79 Å². The van der Waals surface area contributed by atoms with Crippen LogP contribution in [-0.2, 0) is 4.79 Å². The van der Waals surface area contributed by atoms with Crippen LogP contribution >= 0.6 is 0 Å². The molecule has 0 aromatic carbocycles. The zero-order valence-corrected chi connectivity index (χ0v) is 10.5. The van der Waals surface area contributed by atoms with E-state index in [1.54, 1.807) is 0 Å². The van der Waals surface area contributed by atoms with Crippen LogP contribution in [0.3, 0.4) is 0 Å². The molecule has 2 aliphatic rings. The van der Waals surface area contributed by atoms with Crippen molar-refractivity contribution >= 4 is 5.97 Å².